The van der Waals surface area contributed by atoms with Gasteiger partial charge in [0.05, 0.1) is 25.1 Å². The standard InChI is InChI=1S/C20H24ClN5O5/c1-28-19(29-2)14-5-3-11-4-6-15(26(20(22)27)17(11)24-14)16-23-9-13(21)18(25-16)31-12-7-8-30-10-12/h3,5,9,12,15,19H,4,6-8,10H2,1-2H3,(H2,22,27). The van der Waals surface area contributed by atoms with Crippen LogP contribution < -0.4 is 15.4 Å². The van der Waals surface area contributed by atoms with Crippen LogP contribution in [0.4, 0.5) is 10.6 Å². The molecule has 166 valence electrons. The van der Waals surface area contributed by atoms with Gasteiger partial charge >= 0.3 is 6.03 Å². The Balaban J connectivity index is 1.68. The average Bonchev–Trinajstić information content (AvgIpc) is 3.28. The Bertz CT molecular complexity index is 952. The molecule has 2 aliphatic rings. The average molecular weight is 450 g/mol. The Morgan fingerprint density at radius 1 is 1.29 bits per heavy atom. The summed E-state index contributed by atoms with van der Waals surface area (Å²) in [4.78, 5) is 27.3. The summed E-state index contributed by atoms with van der Waals surface area (Å²) in [5.41, 5.74) is 7.17. The molecule has 2 amide bonds. The zero-order valence-electron chi connectivity index (χ0n) is 17.3. The first-order chi connectivity index (χ1) is 15.0. The van der Waals surface area contributed by atoms with Crippen molar-refractivity contribution in [3.63, 3.8) is 0 Å². The zero-order chi connectivity index (χ0) is 22.0. The van der Waals surface area contributed by atoms with E-state index in [1.54, 1.807) is 0 Å². The summed E-state index contributed by atoms with van der Waals surface area (Å²) in [7, 11) is 3.03. The van der Waals surface area contributed by atoms with E-state index in [2.05, 4.69) is 15.0 Å². The van der Waals surface area contributed by atoms with Crippen LogP contribution >= 0.6 is 11.6 Å². The summed E-state index contributed by atoms with van der Waals surface area (Å²) in [6, 6.07) is 2.53. The summed E-state index contributed by atoms with van der Waals surface area (Å²) in [6.45, 7) is 1.11. The van der Waals surface area contributed by atoms with E-state index in [1.807, 2.05) is 12.1 Å². The number of nitrogens with zero attached hydrogens (tertiary/aromatic N) is 4. The van der Waals surface area contributed by atoms with Gasteiger partial charge in [0.15, 0.2) is 5.82 Å². The molecule has 1 fully saturated rings. The van der Waals surface area contributed by atoms with E-state index in [-0.39, 0.29) is 12.0 Å². The number of aryl methyl sites for hydroxylation is 1. The Labute approximate surface area is 184 Å². The van der Waals surface area contributed by atoms with Crippen molar-refractivity contribution in [3.05, 3.63) is 40.4 Å². The third-order valence-corrected chi connectivity index (χ3v) is 5.57. The topological polar surface area (TPSA) is 122 Å². The molecular weight excluding hydrogens is 426 g/mol. The molecule has 1 saturated heterocycles. The van der Waals surface area contributed by atoms with E-state index in [4.69, 9.17) is 36.3 Å². The SMILES string of the molecule is COC(OC)c1ccc2c(n1)N(C(N)=O)C(c1ncc(Cl)c(OC3CCOC3)n1)CC2. The molecular formula is C20H24ClN5O5. The number of carbonyl (C=O) groups is 1. The van der Waals surface area contributed by atoms with Crippen LogP contribution in [0.3, 0.4) is 0 Å². The number of halogens is 1. The molecule has 11 heteroatoms. The molecule has 2 aromatic heterocycles. The minimum absolute atomic E-state index is 0.121. The van der Waals surface area contributed by atoms with Gasteiger partial charge in [-0.25, -0.2) is 14.8 Å². The van der Waals surface area contributed by atoms with Gasteiger partial charge in [-0.15, -0.1) is 0 Å². The number of aromatic nitrogens is 3. The minimum atomic E-state index is -0.666. The highest BCUT2D eigenvalue weighted by Crippen LogP contribution is 2.38. The molecule has 0 aromatic carbocycles. The number of ether oxygens (including phenoxy) is 4. The zero-order valence-corrected chi connectivity index (χ0v) is 18.0. The number of nitrogens with two attached hydrogens (primary N) is 1. The number of pyridine rings is 1. The summed E-state index contributed by atoms with van der Waals surface area (Å²) in [5, 5.41) is 0.293. The highest BCUT2D eigenvalue weighted by Gasteiger charge is 2.35. The van der Waals surface area contributed by atoms with Gasteiger partial charge < -0.3 is 24.7 Å². The maximum atomic E-state index is 12.5. The maximum Gasteiger partial charge on any atom is 0.321 e. The van der Waals surface area contributed by atoms with Crippen molar-refractivity contribution in [2.45, 2.75) is 37.7 Å². The lowest BCUT2D eigenvalue weighted by atomic mass is 9.98. The number of carbonyl (C=O) groups excluding carboxylic acids is 1. The molecule has 0 bridgehead atoms. The molecule has 2 atom stereocenters. The second kappa shape index (κ2) is 9.31. The molecule has 2 N–H and O–H groups in total. The van der Waals surface area contributed by atoms with E-state index in [0.29, 0.717) is 48.4 Å². The molecule has 0 spiro atoms. The fraction of sp³-hybridized carbons (Fsp3) is 0.500. The number of primary amides is 1. The van der Waals surface area contributed by atoms with Gasteiger partial charge in [-0.2, -0.15) is 4.98 Å². The molecule has 10 nitrogen and oxygen atoms in total. The number of methoxy groups -OCH3 is 2. The Hall–Kier alpha value is -2.53. The van der Waals surface area contributed by atoms with E-state index in [9.17, 15) is 4.79 Å². The third kappa shape index (κ3) is 4.42. The molecule has 0 aliphatic carbocycles. The smallest absolute Gasteiger partial charge is 0.321 e. The van der Waals surface area contributed by atoms with Crippen molar-refractivity contribution < 1.29 is 23.7 Å². The fourth-order valence-electron chi connectivity index (χ4n) is 3.81. The van der Waals surface area contributed by atoms with Crippen molar-refractivity contribution in [1.29, 1.82) is 0 Å². The molecule has 4 heterocycles. The van der Waals surface area contributed by atoms with Crippen molar-refractivity contribution in [2.24, 2.45) is 5.73 Å². The minimum Gasteiger partial charge on any atom is -0.471 e. The lowest BCUT2D eigenvalue weighted by Crippen LogP contribution is -2.43. The first-order valence-corrected chi connectivity index (χ1v) is 10.3. The molecule has 31 heavy (non-hydrogen) atoms. The van der Waals surface area contributed by atoms with E-state index >= 15 is 0 Å². The first kappa shape index (κ1) is 21.7. The van der Waals surface area contributed by atoms with Crippen molar-refractivity contribution >= 4 is 23.4 Å². The van der Waals surface area contributed by atoms with Gasteiger partial charge in [-0.3, -0.25) is 4.90 Å². The Morgan fingerprint density at radius 3 is 2.77 bits per heavy atom. The number of anilines is 1. The highest BCUT2D eigenvalue weighted by molar-refractivity contribution is 6.31. The van der Waals surface area contributed by atoms with Gasteiger partial charge in [0.1, 0.15) is 23.0 Å². The lowest BCUT2D eigenvalue weighted by Gasteiger charge is -2.34. The van der Waals surface area contributed by atoms with Crippen LogP contribution in [0, 0.1) is 0 Å². The highest BCUT2D eigenvalue weighted by atomic mass is 35.5. The van der Waals surface area contributed by atoms with Gasteiger partial charge in [0.2, 0.25) is 12.2 Å². The van der Waals surface area contributed by atoms with Crippen LogP contribution in [0.25, 0.3) is 0 Å². The van der Waals surface area contributed by atoms with Crippen molar-refractivity contribution in [1.82, 2.24) is 15.0 Å². The van der Waals surface area contributed by atoms with Crippen LogP contribution in [0.5, 0.6) is 5.88 Å². The number of hydrogen-bond donors (Lipinski definition) is 1. The Kier molecular flexibility index (Phi) is 6.51. The molecule has 2 aromatic rings. The van der Waals surface area contributed by atoms with E-state index in [1.165, 1.54) is 25.3 Å². The van der Waals surface area contributed by atoms with Crippen LogP contribution in [0.15, 0.2) is 18.3 Å². The predicted octanol–water partition coefficient (Wildman–Crippen LogP) is 2.56. The molecule has 0 saturated carbocycles. The second-order valence-corrected chi connectivity index (χ2v) is 7.68. The number of rotatable bonds is 6. The quantitative estimate of drug-likeness (QED) is 0.667. The lowest BCUT2D eigenvalue weighted by molar-refractivity contribution is -0.108. The molecule has 4 rings (SSSR count). The van der Waals surface area contributed by atoms with Gasteiger partial charge in [-0.1, -0.05) is 17.7 Å². The maximum absolute atomic E-state index is 12.5. The van der Waals surface area contributed by atoms with Crippen molar-refractivity contribution in [3.8, 4) is 5.88 Å². The summed E-state index contributed by atoms with van der Waals surface area (Å²) in [6.07, 6.45) is 2.68. The number of urea groups is 1. The van der Waals surface area contributed by atoms with Crippen LogP contribution in [-0.4, -0.2) is 54.5 Å². The molecule has 0 radical (unpaired) electrons. The fourth-order valence-corrected chi connectivity index (χ4v) is 3.94. The molecule has 2 unspecified atom stereocenters. The second-order valence-electron chi connectivity index (χ2n) is 7.27. The number of amides is 2. The normalized spacial score (nSPS) is 20.7. The predicted molar refractivity (Wildman–Crippen MR) is 111 cm³/mol. The summed E-state index contributed by atoms with van der Waals surface area (Å²) >= 11 is 6.24. The van der Waals surface area contributed by atoms with Gasteiger partial charge in [0.25, 0.3) is 0 Å². The summed E-state index contributed by atoms with van der Waals surface area (Å²) < 4.78 is 21.8. The monoisotopic (exact) mass is 449 g/mol. The number of hydrogen-bond acceptors (Lipinski definition) is 8. The third-order valence-electron chi connectivity index (χ3n) is 5.31. The van der Waals surface area contributed by atoms with E-state index < -0.39 is 18.4 Å². The number of fused-ring (bicyclic) bond motifs is 1. The van der Waals surface area contributed by atoms with Crippen LogP contribution in [0.1, 0.15) is 42.3 Å². The largest absolute Gasteiger partial charge is 0.471 e. The summed E-state index contributed by atoms with van der Waals surface area (Å²) in [5.74, 6) is 1.08. The van der Waals surface area contributed by atoms with Crippen LogP contribution in [-0.2, 0) is 20.6 Å². The van der Waals surface area contributed by atoms with Gasteiger partial charge in [0, 0.05) is 20.6 Å². The first-order valence-electron chi connectivity index (χ1n) is 9.92. The van der Waals surface area contributed by atoms with E-state index in [0.717, 1.165) is 12.0 Å². The van der Waals surface area contributed by atoms with Crippen LogP contribution in [0.2, 0.25) is 5.02 Å². The molecule has 2 aliphatic heterocycles. The Morgan fingerprint density at radius 2 is 2.10 bits per heavy atom. The van der Waals surface area contributed by atoms with Crippen molar-refractivity contribution in [2.75, 3.05) is 32.3 Å². The van der Waals surface area contributed by atoms with Gasteiger partial charge in [-0.05, 0) is 24.5 Å².